The number of thiophene rings is 2. The maximum atomic E-state index is 12.4. The third kappa shape index (κ3) is 30.6. The smallest absolute Gasteiger partial charge is 0.408 e. The molecule has 4 N–H and O–H groups in total. The van der Waals surface area contributed by atoms with Crippen LogP contribution in [0.5, 0.6) is 5.75 Å². The van der Waals surface area contributed by atoms with Crippen molar-refractivity contribution in [1.29, 1.82) is 0 Å². The highest BCUT2D eigenvalue weighted by atomic mass is 32.2. The monoisotopic (exact) mass is 1930 g/mol. The van der Waals surface area contributed by atoms with E-state index in [9.17, 15) is 32.7 Å². The van der Waals surface area contributed by atoms with E-state index in [-0.39, 0.29) is 54.6 Å². The molecular formula is C101H115N17O15S4. The number of imidazole rings is 1. The van der Waals surface area contributed by atoms with Gasteiger partial charge in [0.25, 0.3) is 11.8 Å². The molecule has 16 rings (SSSR count). The molecule has 6 aromatic carbocycles. The van der Waals surface area contributed by atoms with E-state index in [2.05, 4.69) is 136 Å². The summed E-state index contributed by atoms with van der Waals surface area (Å²) in [6, 6.07) is 56.4. The zero-order chi connectivity index (χ0) is 96.9. The van der Waals surface area contributed by atoms with E-state index in [4.69, 9.17) is 32.1 Å². The first-order chi connectivity index (χ1) is 65.3. The number of unbranched alkanes of at least 4 members (excludes halogenated alkanes) is 2. The number of aryl methyl sites for hydroxylation is 7. The lowest BCUT2D eigenvalue weighted by atomic mass is 9.85. The number of hydrogen-bond acceptors (Lipinski definition) is 30. The lowest BCUT2D eigenvalue weighted by Crippen LogP contribution is -2.35. The number of ketones is 1. The van der Waals surface area contributed by atoms with Gasteiger partial charge in [-0.05, 0) is 186 Å². The van der Waals surface area contributed by atoms with Gasteiger partial charge in [-0.2, -0.15) is 24.9 Å². The minimum Gasteiger partial charge on any atom is -0.489 e. The first kappa shape index (κ1) is 104. The number of aromatic amines is 1. The Kier molecular flexibility index (Phi) is 37.6. The fraction of sp³-hybridized carbons (Fsp3) is 0.327. The molecule has 0 saturated heterocycles. The molecule has 2 amide bonds. The van der Waals surface area contributed by atoms with Crippen molar-refractivity contribution in [3.8, 4) is 44.9 Å². The fourth-order valence-corrected chi connectivity index (χ4v) is 17.7. The van der Waals surface area contributed by atoms with E-state index in [1.165, 1.54) is 29.2 Å². The Bertz CT molecular complexity index is 6620. The first-order valence-corrected chi connectivity index (χ1v) is 48.4. The van der Waals surface area contributed by atoms with E-state index in [0.29, 0.717) is 90.9 Å². The number of methoxy groups -OCH3 is 1. The van der Waals surface area contributed by atoms with Crippen molar-refractivity contribution < 1.29 is 69.5 Å². The average Bonchev–Trinajstić information content (AvgIpc) is 1.71. The number of Topliss-reactive ketones (excluding diaryl/α,β-unsaturated/α-hetero) is 1. The lowest BCUT2D eigenvalue weighted by molar-refractivity contribution is -0.143. The Morgan fingerprint density at radius 3 is 2.05 bits per heavy atom. The van der Waals surface area contributed by atoms with Crippen LogP contribution in [0, 0.1) is 40.5 Å². The van der Waals surface area contributed by atoms with Gasteiger partial charge in [0, 0.05) is 116 Å². The van der Waals surface area contributed by atoms with Gasteiger partial charge in [0.05, 0.1) is 31.0 Å². The number of rotatable bonds is 35. The molecule has 0 aliphatic heterocycles. The molecule has 3 unspecified atom stereocenters. The third-order valence-electron chi connectivity index (χ3n) is 21.1. The summed E-state index contributed by atoms with van der Waals surface area (Å²) in [5, 5.41) is 39.6. The highest BCUT2D eigenvalue weighted by molar-refractivity contribution is 7.99. The Labute approximate surface area is 808 Å². The molecule has 0 aliphatic rings. The molecule has 0 spiro atoms. The van der Waals surface area contributed by atoms with Crippen molar-refractivity contribution in [2.24, 2.45) is 5.92 Å². The number of pyridine rings is 1. The van der Waals surface area contributed by atoms with Crippen molar-refractivity contribution in [1.82, 2.24) is 85.2 Å². The zero-order valence-corrected chi connectivity index (χ0v) is 81.5. The van der Waals surface area contributed by atoms with Crippen LogP contribution in [-0.4, -0.2) is 144 Å². The van der Waals surface area contributed by atoms with Crippen LogP contribution in [0.2, 0.25) is 0 Å². The number of nitrogens with one attached hydrogen (secondary N) is 3. The molecule has 16 aromatic rings. The summed E-state index contributed by atoms with van der Waals surface area (Å²) in [6.07, 6.45) is 14.7. The molecule has 10 aromatic heterocycles. The number of aromatic nitrogens is 14. The number of carbonyl (C=O) groups excluding carboxylic acids is 4. The minimum atomic E-state index is -3.75. The first-order valence-electron chi connectivity index (χ1n) is 44.2. The van der Waals surface area contributed by atoms with Gasteiger partial charge >= 0.3 is 12.1 Å². The van der Waals surface area contributed by atoms with Crippen molar-refractivity contribution >= 4 is 79.1 Å². The molecule has 0 aliphatic carbocycles. The van der Waals surface area contributed by atoms with E-state index in [1.54, 1.807) is 61.8 Å². The fourth-order valence-electron chi connectivity index (χ4n) is 13.8. The molecule has 3 atom stereocenters. The van der Waals surface area contributed by atoms with Crippen molar-refractivity contribution in [3.05, 3.63) is 308 Å². The molecular weight excluding hydrogens is 1820 g/mol. The molecule has 137 heavy (non-hydrogen) atoms. The number of nitrogens with zero attached hydrogens (tertiary/aromatic N) is 14. The highest BCUT2D eigenvalue weighted by Crippen LogP contribution is 2.37. The van der Waals surface area contributed by atoms with Gasteiger partial charge in [0.2, 0.25) is 56.8 Å². The average molecular weight is 1940 g/mol. The summed E-state index contributed by atoms with van der Waals surface area (Å²) in [7, 11) is -0.982. The Balaban J connectivity index is 0.000000165. The number of alkyl carbamates (subject to hydrolysis) is 1. The number of sulfonamides is 1. The van der Waals surface area contributed by atoms with E-state index in [0.717, 1.165) is 120 Å². The number of benzene rings is 6. The number of amides is 2. The van der Waals surface area contributed by atoms with Crippen molar-refractivity contribution in [2.45, 2.75) is 195 Å². The molecule has 10 heterocycles. The van der Waals surface area contributed by atoms with Crippen LogP contribution in [0.1, 0.15) is 195 Å². The second-order valence-electron chi connectivity index (χ2n) is 33.8. The molecule has 36 heteroatoms. The maximum absolute atomic E-state index is 12.4. The van der Waals surface area contributed by atoms with E-state index >= 15 is 0 Å². The Hall–Kier alpha value is -13.8. The number of aliphatic hydroxyl groups is 1. The normalized spacial score (nSPS) is 12.1. The van der Waals surface area contributed by atoms with Gasteiger partial charge in [0.15, 0.2) is 16.8 Å². The van der Waals surface area contributed by atoms with Crippen LogP contribution in [0.4, 0.5) is 4.79 Å². The number of hydrogen-bond donors (Lipinski definition) is 4. The predicted molar refractivity (Wildman–Crippen MR) is 524 cm³/mol. The minimum absolute atomic E-state index is 0. The summed E-state index contributed by atoms with van der Waals surface area (Å²) < 4.78 is 71.6. The van der Waals surface area contributed by atoms with Gasteiger partial charge in [-0.1, -0.05) is 199 Å². The second kappa shape index (κ2) is 49.6. The standard InChI is InChI=1S/C24H23N3O3.C21H28N4O3.C20H23N3O5S2.C19H18N4OS2.C16H19N3O3.CH4/c1-17(19-8-4-3-5-9-19)24(2,28)23-26-22(27-30-23)20-10-12-21(13-11-20)29-16-18-7-6-14-25-15-18;1-13(2)10-17(23-20(26)27-21(3,4)5)19-24-18(28-25-19)11-14-12-22-16-9-7-6-8-15(14)16;1-14-7-9-15(10-8-14)19-22-17(28-23-19)6-4-3-5-12-21-30(25,26)16-11-13-29-18(16)20(24)27-2;1-14-5-2-6-15(13-14)23-10-9-20-19(23)26-12-4-8-17-21-18(22-24-17)16-7-3-11-25-16;1-10-5-6-11(2)13(7-10)8-14(20)16(21)19(4)9-15-17-12(3)22-18-15;/h3-15,17,28H,16H2,1-2H3;6-9,12-13,17,22H,10-11H2,1-5H3,(H,23,26);7-11,13,21H,3-6,12H2,1-2H3;2-3,5-7,9-11,13H,4,8,12H2,1H3;5-7H,8-9H2,1-4H3;1H4. The van der Waals surface area contributed by atoms with Crippen LogP contribution in [-0.2, 0) is 73.5 Å². The molecule has 0 bridgehead atoms. The second-order valence-corrected chi connectivity index (χ2v) is 38.4. The van der Waals surface area contributed by atoms with E-state index in [1.807, 2.05) is 212 Å². The van der Waals surface area contributed by atoms with Gasteiger partial charge < -0.3 is 57.1 Å². The van der Waals surface area contributed by atoms with Crippen molar-refractivity contribution in [3.63, 3.8) is 0 Å². The highest BCUT2D eigenvalue weighted by Gasteiger charge is 2.38. The van der Waals surface area contributed by atoms with Crippen LogP contribution in [0.25, 0.3) is 50.1 Å². The maximum Gasteiger partial charge on any atom is 0.408 e. The zero-order valence-electron chi connectivity index (χ0n) is 78.3. The number of H-pyrrole nitrogens is 1. The van der Waals surface area contributed by atoms with Gasteiger partial charge in [-0.3, -0.25) is 19.1 Å². The largest absolute Gasteiger partial charge is 0.489 e. The lowest BCUT2D eigenvalue weighted by Gasteiger charge is -2.26. The number of fused-ring (bicyclic) bond motifs is 1. The van der Waals surface area contributed by atoms with Gasteiger partial charge in [-0.15, -0.1) is 22.7 Å². The Morgan fingerprint density at radius 1 is 0.657 bits per heavy atom. The summed E-state index contributed by atoms with van der Waals surface area (Å²) in [6.45, 7) is 23.8. The third-order valence-corrected chi connectivity index (χ3v) is 25.6. The molecule has 0 saturated carbocycles. The Morgan fingerprint density at radius 2 is 1.35 bits per heavy atom. The summed E-state index contributed by atoms with van der Waals surface area (Å²) in [5.74, 6) is 5.04. The topological polar surface area (TPSA) is 419 Å². The number of para-hydroxylation sites is 1. The van der Waals surface area contributed by atoms with Gasteiger partial charge in [-0.25, -0.2) is 27.7 Å². The van der Waals surface area contributed by atoms with Crippen LogP contribution in [0.3, 0.4) is 0 Å². The molecule has 0 radical (unpaired) electrons. The van der Waals surface area contributed by atoms with Crippen molar-refractivity contribution in [2.75, 3.05) is 26.5 Å². The quantitative estimate of drug-likeness (QED) is 0.0124. The molecule has 32 nitrogen and oxygen atoms in total. The van der Waals surface area contributed by atoms with E-state index < -0.39 is 45.0 Å². The summed E-state index contributed by atoms with van der Waals surface area (Å²) >= 11 is 4.40. The van der Waals surface area contributed by atoms with Gasteiger partial charge in [0.1, 0.15) is 33.3 Å². The molecule has 718 valence electrons. The molecule has 0 fully saturated rings. The predicted octanol–water partition coefficient (Wildman–Crippen LogP) is 20.5. The van der Waals surface area contributed by atoms with Crippen LogP contribution in [0.15, 0.2) is 250 Å². The SMILES string of the molecule is C.CC(C)CC(NC(=O)OC(C)(C)C)c1noc(Cc2c[nH]c3ccccc23)n1.CC(c1ccccc1)C(C)(O)c1nc(-c2ccc(OCc3cccnc3)cc2)no1.COC(=O)c1sccc1S(=O)(=O)NCCCCCc1nc(-c2ccc(C)cc2)no1.Cc1ccc(C)c(CC(=O)C(=O)N(C)Cc2noc(C)n2)c1.Cc1cccc(-n2ccnc2SCCCc2nc(-c3cccs3)no2)c1. The number of likely N-dealkylation sites (N-methyl/N-ethyl adjacent to an activating group) is 1. The number of ether oxygens (including phenoxy) is 3. The number of carbonyl (C=O) groups is 4. The summed E-state index contributed by atoms with van der Waals surface area (Å²) in [5.41, 5.74) is 10.5. The number of esters is 1. The summed E-state index contributed by atoms with van der Waals surface area (Å²) in [4.78, 5) is 84.2. The van der Waals surface area contributed by atoms with Crippen LogP contribution >= 0.6 is 34.4 Å². The van der Waals surface area contributed by atoms with Crippen LogP contribution < -0.4 is 14.8 Å². The number of thioether (sulfide) groups is 1.